The predicted octanol–water partition coefficient (Wildman–Crippen LogP) is 4.14. The summed E-state index contributed by atoms with van der Waals surface area (Å²) in [5.74, 6) is -0.999. The molecule has 29 heavy (non-hydrogen) atoms. The Hall–Kier alpha value is -2.51. The fraction of sp³-hybridized carbons (Fsp3) is 0.409. The second kappa shape index (κ2) is 10.9. The Labute approximate surface area is 170 Å². The van der Waals surface area contributed by atoms with Crippen molar-refractivity contribution in [2.75, 3.05) is 11.9 Å². The van der Waals surface area contributed by atoms with Crippen LogP contribution in [0.2, 0.25) is 0 Å². The van der Waals surface area contributed by atoms with E-state index in [9.17, 15) is 13.6 Å². The van der Waals surface area contributed by atoms with Crippen molar-refractivity contribution in [1.29, 1.82) is 0 Å². The molecule has 2 aromatic carbocycles. The molecule has 0 bridgehead atoms. The molecule has 0 heterocycles. The van der Waals surface area contributed by atoms with Gasteiger partial charge in [-0.3, -0.25) is 10.0 Å². The van der Waals surface area contributed by atoms with E-state index in [1.54, 1.807) is 44.5 Å². The van der Waals surface area contributed by atoms with Gasteiger partial charge in [-0.15, -0.1) is 0 Å². The largest absolute Gasteiger partial charge is 0.374 e. The lowest BCUT2D eigenvalue weighted by molar-refractivity contribution is -0.130. The van der Waals surface area contributed by atoms with Crippen molar-refractivity contribution in [2.45, 2.75) is 52.6 Å². The van der Waals surface area contributed by atoms with Gasteiger partial charge in [-0.05, 0) is 87.0 Å². The normalized spacial score (nSPS) is 11.9. The van der Waals surface area contributed by atoms with E-state index in [1.807, 2.05) is 6.07 Å². The van der Waals surface area contributed by atoms with Gasteiger partial charge in [0.1, 0.15) is 17.7 Å². The number of nitrogens with one attached hydrogen (secondary N) is 3. The van der Waals surface area contributed by atoms with Crippen LogP contribution in [0.3, 0.4) is 0 Å². The van der Waals surface area contributed by atoms with Gasteiger partial charge in [0.15, 0.2) is 0 Å². The number of benzene rings is 2. The van der Waals surface area contributed by atoms with Gasteiger partial charge in [0.25, 0.3) is 5.91 Å². The molecule has 1 atom stereocenters. The summed E-state index contributed by atoms with van der Waals surface area (Å²) in [6.45, 7) is 6.47. The highest BCUT2D eigenvalue weighted by atomic mass is 19.1. The number of halogens is 2. The van der Waals surface area contributed by atoms with Crippen molar-refractivity contribution < 1.29 is 18.8 Å². The van der Waals surface area contributed by atoms with Gasteiger partial charge >= 0.3 is 0 Å². The van der Waals surface area contributed by atoms with E-state index in [2.05, 4.69) is 10.6 Å². The highest BCUT2D eigenvalue weighted by Gasteiger charge is 2.18. The quantitative estimate of drug-likeness (QED) is 0.272. The van der Waals surface area contributed by atoms with Crippen LogP contribution in [0.5, 0.6) is 0 Å². The van der Waals surface area contributed by atoms with Crippen molar-refractivity contribution >= 4 is 11.6 Å². The maximum Gasteiger partial charge on any atom is 0.265 e. The Morgan fingerprint density at radius 2 is 1.72 bits per heavy atom. The number of hydrogen-bond donors (Lipinski definition) is 4. The number of amides is 1. The molecule has 0 aliphatic heterocycles. The first-order valence-electron chi connectivity index (χ1n) is 9.74. The molecule has 0 spiro atoms. The van der Waals surface area contributed by atoms with Crippen LogP contribution in [0, 0.1) is 32.4 Å². The first-order valence-corrected chi connectivity index (χ1v) is 9.74. The Bertz CT molecular complexity index is 820. The van der Waals surface area contributed by atoms with Crippen molar-refractivity contribution in [3.63, 3.8) is 0 Å². The van der Waals surface area contributed by atoms with Crippen LogP contribution in [0.4, 0.5) is 14.5 Å². The standard InChI is InChI=1S/C22H29F2N3O2/c1-14-10-17(7-8-19(14)23)13-25-9-5-4-6-20(22(28)27-29)26-18-11-15(2)21(24)16(3)12-18/h7-8,10-12,20,25-26,29H,4-6,9,13H2,1-3H3,(H,27,28). The summed E-state index contributed by atoms with van der Waals surface area (Å²) in [6, 6.07) is 7.71. The zero-order valence-electron chi connectivity index (χ0n) is 17.1. The topological polar surface area (TPSA) is 73.4 Å². The highest BCUT2D eigenvalue weighted by Crippen LogP contribution is 2.20. The molecule has 7 heteroatoms. The number of anilines is 1. The molecule has 0 saturated carbocycles. The minimum absolute atomic E-state index is 0.207. The van der Waals surface area contributed by atoms with E-state index in [-0.39, 0.29) is 11.6 Å². The number of carbonyl (C=O) groups excluding carboxylic acids is 1. The Kier molecular flexibility index (Phi) is 8.54. The smallest absolute Gasteiger partial charge is 0.265 e. The minimum Gasteiger partial charge on any atom is -0.374 e. The van der Waals surface area contributed by atoms with Gasteiger partial charge in [-0.25, -0.2) is 14.3 Å². The van der Waals surface area contributed by atoms with Crippen LogP contribution >= 0.6 is 0 Å². The van der Waals surface area contributed by atoms with E-state index in [0.717, 1.165) is 24.9 Å². The van der Waals surface area contributed by atoms with Crippen molar-refractivity contribution in [2.24, 2.45) is 0 Å². The average Bonchev–Trinajstić information content (AvgIpc) is 2.69. The van der Waals surface area contributed by atoms with Gasteiger partial charge in [-0.1, -0.05) is 12.1 Å². The number of rotatable bonds is 10. The maximum absolute atomic E-state index is 13.8. The van der Waals surface area contributed by atoms with Crippen LogP contribution in [0.25, 0.3) is 0 Å². The third-order valence-corrected chi connectivity index (χ3v) is 4.85. The molecular weight excluding hydrogens is 376 g/mol. The van der Waals surface area contributed by atoms with Gasteiger partial charge in [0.05, 0.1) is 0 Å². The summed E-state index contributed by atoms with van der Waals surface area (Å²) in [6.07, 6.45) is 2.09. The number of unbranched alkanes of at least 4 members (excludes halogenated alkanes) is 1. The lowest BCUT2D eigenvalue weighted by atomic mass is 10.1. The van der Waals surface area contributed by atoms with Crippen molar-refractivity contribution in [1.82, 2.24) is 10.8 Å². The fourth-order valence-corrected chi connectivity index (χ4v) is 3.23. The molecule has 0 fully saturated rings. The molecule has 2 aromatic rings. The molecule has 2 rings (SSSR count). The summed E-state index contributed by atoms with van der Waals surface area (Å²) < 4.78 is 27.1. The summed E-state index contributed by atoms with van der Waals surface area (Å²) >= 11 is 0. The molecule has 1 unspecified atom stereocenters. The lowest BCUT2D eigenvalue weighted by Crippen LogP contribution is -2.38. The van der Waals surface area contributed by atoms with Crippen LogP contribution in [0.1, 0.15) is 41.5 Å². The second-order valence-electron chi connectivity index (χ2n) is 7.35. The Balaban J connectivity index is 1.80. The lowest BCUT2D eigenvalue weighted by Gasteiger charge is -2.19. The number of hydroxylamine groups is 1. The molecule has 4 N–H and O–H groups in total. The zero-order chi connectivity index (χ0) is 21.4. The van der Waals surface area contributed by atoms with E-state index >= 15 is 0 Å². The summed E-state index contributed by atoms with van der Waals surface area (Å²) in [4.78, 5) is 12.0. The number of aryl methyl sites for hydroxylation is 3. The van der Waals surface area contributed by atoms with Crippen molar-refractivity contribution in [3.05, 3.63) is 64.2 Å². The predicted molar refractivity (Wildman–Crippen MR) is 110 cm³/mol. The van der Waals surface area contributed by atoms with Crippen LogP contribution < -0.4 is 16.1 Å². The molecule has 0 saturated heterocycles. The summed E-state index contributed by atoms with van der Waals surface area (Å²) in [7, 11) is 0. The SMILES string of the molecule is Cc1cc(CNCCCCC(Nc2cc(C)c(F)c(C)c2)C(=O)NO)ccc1F. The van der Waals surface area contributed by atoms with Crippen LogP contribution in [-0.2, 0) is 11.3 Å². The summed E-state index contributed by atoms with van der Waals surface area (Å²) in [5, 5.41) is 15.4. The van der Waals surface area contributed by atoms with Gasteiger partial charge in [-0.2, -0.15) is 0 Å². The van der Waals surface area contributed by atoms with E-state index in [1.165, 1.54) is 6.07 Å². The van der Waals surface area contributed by atoms with Crippen LogP contribution in [0.15, 0.2) is 30.3 Å². The first kappa shape index (κ1) is 22.8. The molecule has 0 aromatic heterocycles. The molecule has 0 aliphatic rings. The average molecular weight is 405 g/mol. The van der Waals surface area contributed by atoms with E-state index < -0.39 is 11.9 Å². The molecule has 1 amide bonds. The maximum atomic E-state index is 13.8. The third-order valence-electron chi connectivity index (χ3n) is 4.85. The Morgan fingerprint density at radius 3 is 2.34 bits per heavy atom. The molecule has 0 radical (unpaired) electrons. The Morgan fingerprint density at radius 1 is 1.03 bits per heavy atom. The van der Waals surface area contributed by atoms with E-state index in [0.29, 0.717) is 35.3 Å². The minimum atomic E-state index is -0.621. The molecule has 0 aliphatic carbocycles. The molecule has 5 nitrogen and oxygen atoms in total. The second-order valence-corrected chi connectivity index (χ2v) is 7.35. The van der Waals surface area contributed by atoms with Crippen LogP contribution in [-0.4, -0.2) is 23.7 Å². The monoisotopic (exact) mass is 405 g/mol. The molecule has 158 valence electrons. The molecular formula is C22H29F2N3O2. The van der Waals surface area contributed by atoms with Crippen molar-refractivity contribution in [3.8, 4) is 0 Å². The van der Waals surface area contributed by atoms with Gasteiger partial charge in [0, 0.05) is 12.2 Å². The number of hydrogen-bond acceptors (Lipinski definition) is 4. The number of carbonyl (C=O) groups is 1. The van der Waals surface area contributed by atoms with E-state index in [4.69, 9.17) is 5.21 Å². The van der Waals surface area contributed by atoms with Gasteiger partial charge < -0.3 is 10.6 Å². The third kappa shape index (κ3) is 6.80. The van der Waals surface area contributed by atoms with Gasteiger partial charge in [0.2, 0.25) is 0 Å². The highest BCUT2D eigenvalue weighted by molar-refractivity contribution is 5.83. The summed E-state index contributed by atoms with van der Waals surface area (Å²) in [5.41, 5.74) is 4.96. The first-order chi connectivity index (χ1) is 13.8. The zero-order valence-corrected chi connectivity index (χ0v) is 17.1. The fourth-order valence-electron chi connectivity index (χ4n) is 3.23.